The van der Waals surface area contributed by atoms with Gasteiger partial charge in [0.2, 0.25) is 5.91 Å². The van der Waals surface area contributed by atoms with Crippen LogP contribution in [0.4, 0.5) is 5.69 Å². The van der Waals surface area contributed by atoms with Crippen molar-refractivity contribution in [1.82, 2.24) is 5.32 Å². The van der Waals surface area contributed by atoms with Gasteiger partial charge in [-0.2, -0.15) is 5.26 Å². The van der Waals surface area contributed by atoms with Crippen LogP contribution in [0.15, 0.2) is 95.5 Å². The highest BCUT2D eigenvalue weighted by Crippen LogP contribution is 2.41. The van der Waals surface area contributed by atoms with E-state index in [4.69, 9.17) is 11.6 Å². The quantitative estimate of drug-likeness (QED) is 0.400. The first kappa shape index (κ1) is 22.7. The number of nitrogens with zero attached hydrogens (tertiary/aromatic N) is 2. The fraction of sp³-hybridized carbons (Fsp3) is 0.115. The lowest BCUT2D eigenvalue weighted by atomic mass is 10.1. The minimum atomic E-state index is -0.510. The van der Waals surface area contributed by atoms with Crippen molar-refractivity contribution in [2.45, 2.75) is 18.2 Å². The van der Waals surface area contributed by atoms with E-state index in [0.29, 0.717) is 22.2 Å². The van der Waals surface area contributed by atoms with Crippen molar-refractivity contribution < 1.29 is 9.59 Å². The van der Waals surface area contributed by atoms with Gasteiger partial charge in [0.1, 0.15) is 16.7 Å². The highest BCUT2D eigenvalue weighted by atomic mass is 35.5. The summed E-state index contributed by atoms with van der Waals surface area (Å²) in [5.41, 5.74) is 2.41. The predicted octanol–water partition coefficient (Wildman–Crippen LogP) is 5.08. The van der Waals surface area contributed by atoms with Crippen molar-refractivity contribution in [3.63, 3.8) is 0 Å². The van der Waals surface area contributed by atoms with Crippen molar-refractivity contribution in [2.75, 3.05) is 4.90 Å². The van der Waals surface area contributed by atoms with Gasteiger partial charge in [-0.3, -0.25) is 14.5 Å². The summed E-state index contributed by atoms with van der Waals surface area (Å²) >= 11 is 7.23. The van der Waals surface area contributed by atoms with E-state index in [1.54, 1.807) is 24.3 Å². The molecule has 0 aromatic heterocycles. The molecule has 33 heavy (non-hydrogen) atoms. The average Bonchev–Trinajstić information content (AvgIpc) is 3.16. The lowest BCUT2D eigenvalue weighted by Crippen LogP contribution is -2.32. The molecule has 1 N–H and O–H groups in total. The van der Waals surface area contributed by atoms with Crippen LogP contribution in [0.5, 0.6) is 0 Å². The van der Waals surface area contributed by atoms with Crippen LogP contribution in [-0.4, -0.2) is 17.1 Å². The molecule has 5 nitrogen and oxygen atoms in total. The van der Waals surface area contributed by atoms with Crippen molar-refractivity contribution >= 4 is 40.9 Å². The highest BCUT2D eigenvalue weighted by Gasteiger charge is 2.40. The summed E-state index contributed by atoms with van der Waals surface area (Å²) in [6.45, 7) is 0.288. The summed E-state index contributed by atoms with van der Waals surface area (Å²) in [6, 6.07) is 27.9. The van der Waals surface area contributed by atoms with Crippen LogP contribution in [0.1, 0.15) is 11.1 Å². The minimum Gasteiger partial charge on any atom is -0.347 e. The van der Waals surface area contributed by atoms with Gasteiger partial charge in [0.05, 0.1) is 5.25 Å². The Hall–Kier alpha value is -3.53. The summed E-state index contributed by atoms with van der Waals surface area (Å²) < 4.78 is 0. The van der Waals surface area contributed by atoms with Gasteiger partial charge in [0.15, 0.2) is 0 Å². The van der Waals surface area contributed by atoms with Gasteiger partial charge in [-0.1, -0.05) is 84.0 Å². The number of para-hydroxylation sites is 1. The van der Waals surface area contributed by atoms with Gasteiger partial charge in [-0.05, 0) is 41.8 Å². The number of amides is 2. The summed E-state index contributed by atoms with van der Waals surface area (Å²) in [7, 11) is 0. The molecule has 164 valence electrons. The molecule has 0 saturated carbocycles. The second kappa shape index (κ2) is 10.4. The predicted molar refractivity (Wildman–Crippen MR) is 131 cm³/mol. The smallest absolute Gasteiger partial charge is 0.264 e. The lowest BCUT2D eigenvalue weighted by molar-refractivity contribution is -0.117. The van der Waals surface area contributed by atoms with Gasteiger partial charge < -0.3 is 5.32 Å². The maximum atomic E-state index is 13.4. The Balaban J connectivity index is 1.65. The van der Waals surface area contributed by atoms with E-state index in [1.807, 2.05) is 66.7 Å². The number of hydrogen-bond donors (Lipinski definition) is 1. The first-order valence-corrected chi connectivity index (χ1v) is 11.6. The fourth-order valence-corrected chi connectivity index (χ4v) is 4.93. The van der Waals surface area contributed by atoms with Crippen LogP contribution >= 0.6 is 23.4 Å². The third kappa shape index (κ3) is 5.28. The van der Waals surface area contributed by atoms with Crippen LogP contribution in [0.25, 0.3) is 0 Å². The van der Waals surface area contributed by atoms with Gasteiger partial charge in [-0.15, -0.1) is 0 Å². The third-order valence-electron chi connectivity index (χ3n) is 5.15. The molecular formula is C26H20ClN3O2S. The molecule has 1 aliphatic rings. The van der Waals surface area contributed by atoms with Crippen LogP contribution in [0.3, 0.4) is 0 Å². The number of hydrogen-bond acceptors (Lipinski definition) is 4. The first-order chi connectivity index (χ1) is 16.1. The molecule has 1 saturated heterocycles. The van der Waals surface area contributed by atoms with Crippen LogP contribution in [-0.2, 0) is 22.6 Å². The average molecular weight is 474 g/mol. The number of nitriles is 1. The van der Waals surface area contributed by atoms with E-state index in [0.717, 1.165) is 11.1 Å². The number of thioether (sulfide) groups is 1. The van der Waals surface area contributed by atoms with E-state index in [2.05, 4.69) is 5.32 Å². The molecule has 0 aliphatic carbocycles. The molecule has 3 aromatic rings. The van der Waals surface area contributed by atoms with Gasteiger partial charge in [0, 0.05) is 17.3 Å². The molecule has 1 fully saturated rings. The third-order valence-corrected chi connectivity index (χ3v) is 6.66. The Labute approximate surface area is 201 Å². The molecule has 3 aromatic carbocycles. The number of carbonyl (C=O) groups is 2. The second-order valence-corrected chi connectivity index (χ2v) is 9.03. The SMILES string of the molecule is N#C/C(C(=O)NCc1ccccc1)=C1/S[C@@H](Cc2ccc(Cl)cc2)C(=O)N1c1ccccc1. The Morgan fingerprint density at radius 1 is 0.970 bits per heavy atom. The zero-order valence-electron chi connectivity index (χ0n) is 17.6. The highest BCUT2D eigenvalue weighted by molar-refractivity contribution is 8.05. The van der Waals surface area contributed by atoms with E-state index in [9.17, 15) is 14.9 Å². The number of halogens is 1. The van der Waals surface area contributed by atoms with Crippen LogP contribution < -0.4 is 10.2 Å². The van der Waals surface area contributed by atoms with Crippen molar-refractivity contribution in [2.24, 2.45) is 0 Å². The Bertz CT molecular complexity index is 1220. The molecule has 0 spiro atoms. The maximum Gasteiger partial charge on any atom is 0.264 e. The van der Waals surface area contributed by atoms with E-state index >= 15 is 0 Å². The Morgan fingerprint density at radius 3 is 2.24 bits per heavy atom. The van der Waals surface area contributed by atoms with Crippen LogP contribution in [0.2, 0.25) is 5.02 Å². The zero-order chi connectivity index (χ0) is 23.2. The first-order valence-electron chi connectivity index (χ1n) is 10.3. The van der Waals surface area contributed by atoms with Gasteiger partial charge in [-0.25, -0.2) is 0 Å². The fourth-order valence-electron chi connectivity index (χ4n) is 3.50. The zero-order valence-corrected chi connectivity index (χ0v) is 19.1. The number of rotatable bonds is 6. The maximum absolute atomic E-state index is 13.4. The molecule has 0 unspecified atom stereocenters. The minimum absolute atomic E-state index is 0.0771. The summed E-state index contributed by atoms with van der Waals surface area (Å²) in [5, 5.41) is 13.2. The van der Waals surface area contributed by atoms with Crippen molar-refractivity contribution in [3.8, 4) is 6.07 Å². The van der Waals surface area contributed by atoms with Crippen molar-refractivity contribution in [1.29, 1.82) is 5.26 Å². The largest absolute Gasteiger partial charge is 0.347 e. The molecule has 0 radical (unpaired) electrons. The summed E-state index contributed by atoms with van der Waals surface area (Å²) in [6.07, 6.45) is 0.456. The number of benzene rings is 3. The molecule has 1 aliphatic heterocycles. The van der Waals surface area contributed by atoms with Crippen LogP contribution in [0, 0.1) is 11.3 Å². The van der Waals surface area contributed by atoms with Gasteiger partial charge >= 0.3 is 0 Å². The topological polar surface area (TPSA) is 73.2 Å². The Morgan fingerprint density at radius 2 is 1.61 bits per heavy atom. The molecule has 7 heteroatoms. The molecule has 0 bridgehead atoms. The van der Waals surface area contributed by atoms with Crippen molar-refractivity contribution in [3.05, 3.63) is 112 Å². The number of carbonyl (C=O) groups excluding carboxylic acids is 2. The number of nitrogens with one attached hydrogen (secondary N) is 1. The normalized spacial score (nSPS) is 16.9. The van der Waals surface area contributed by atoms with E-state index in [-0.39, 0.29) is 18.0 Å². The molecule has 4 rings (SSSR count). The molecule has 2 amide bonds. The molecule has 1 heterocycles. The Kier molecular flexibility index (Phi) is 7.13. The lowest BCUT2D eigenvalue weighted by Gasteiger charge is -2.18. The summed E-state index contributed by atoms with van der Waals surface area (Å²) in [5.74, 6) is -0.676. The van der Waals surface area contributed by atoms with Gasteiger partial charge in [0.25, 0.3) is 5.91 Å². The monoisotopic (exact) mass is 473 g/mol. The standard InChI is InChI=1S/C26H20ClN3O2S/c27-20-13-11-18(12-14-20)15-23-25(32)30(21-9-5-2-6-10-21)26(33-23)22(16-28)24(31)29-17-19-7-3-1-4-8-19/h1-14,23H,15,17H2,(H,29,31)/b26-22-/t23-/m0/s1. The second-order valence-electron chi connectivity index (χ2n) is 7.41. The summed E-state index contributed by atoms with van der Waals surface area (Å²) in [4.78, 5) is 27.9. The molecular weight excluding hydrogens is 454 g/mol. The van der Waals surface area contributed by atoms with E-state index < -0.39 is 11.2 Å². The number of anilines is 1. The van der Waals surface area contributed by atoms with E-state index in [1.165, 1.54) is 16.7 Å². The molecule has 1 atom stereocenters.